The van der Waals surface area contributed by atoms with E-state index in [0.29, 0.717) is 11.3 Å². The summed E-state index contributed by atoms with van der Waals surface area (Å²) >= 11 is 0. The maximum atomic E-state index is 8.83. The lowest BCUT2D eigenvalue weighted by atomic mass is 10.0. The van der Waals surface area contributed by atoms with Crippen LogP contribution in [0.5, 0.6) is 0 Å². The maximum absolute atomic E-state index is 8.83. The van der Waals surface area contributed by atoms with E-state index < -0.39 is 0 Å². The van der Waals surface area contributed by atoms with E-state index in [1.165, 1.54) is 6.20 Å². The Morgan fingerprint density at radius 1 is 1.47 bits per heavy atom. The number of para-hydroxylation sites is 1. The number of hydrogen-bond donors (Lipinski definition) is 1. The first-order valence-electron chi connectivity index (χ1n) is 4.84. The molecule has 0 saturated heterocycles. The average Bonchev–Trinajstić information content (AvgIpc) is 2.29. The van der Waals surface area contributed by atoms with Crippen molar-refractivity contribution in [3.05, 3.63) is 35.5 Å². The molecule has 0 aliphatic rings. The third-order valence-electron chi connectivity index (χ3n) is 2.52. The van der Waals surface area contributed by atoms with Crippen molar-refractivity contribution < 1.29 is 0 Å². The minimum Gasteiger partial charge on any atom is -0.397 e. The average molecular weight is 197 g/mol. The number of rotatable bonds is 1. The zero-order chi connectivity index (χ0) is 10.8. The lowest BCUT2D eigenvalue weighted by Crippen LogP contribution is -1.96. The lowest BCUT2D eigenvalue weighted by Gasteiger charge is -2.06. The highest BCUT2D eigenvalue weighted by molar-refractivity contribution is 5.94. The van der Waals surface area contributed by atoms with Crippen LogP contribution < -0.4 is 5.73 Å². The smallest absolute Gasteiger partial charge is 0.103 e. The van der Waals surface area contributed by atoms with Gasteiger partial charge in [0, 0.05) is 11.6 Å². The monoisotopic (exact) mass is 197 g/mol. The number of nitrogens with two attached hydrogens (primary N) is 1. The molecular formula is C12H11N3. The molecule has 2 N–H and O–H groups in total. The first-order valence-corrected chi connectivity index (χ1v) is 4.84. The van der Waals surface area contributed by atoms with Gasteiger partial charge in [0.05, 0.1) is 16.8 Å². The van der Waals surface area contributed by atoms with E-state index in [1.54, 1.807) is 0 Å². The number of pyridine rings is 1. The Bertz CT molecular complexity index is 553. The predicted octanol–water partition coefficient (Wildman–Crippen LogP) is 2.25. The van der Waals surface area contributed by atoms with E-state index >= 15 is 0 Å². The second-order valence-corrected chi connectivity index (χ2v) is 3.36. The fraction of sp³-hybridized carbons (Fsp3) is 0.167. The van der Waals surface area contributed by atoms with Crippen molar-refractivity contribution >= 4 is 16.6 Å². The summed E-state index contributed by atoms with van der Waals surface area (Å²) in [5.41, 5.74) is 8.91. The maximum Gasteiger partial charge on any atom is 0.103 e. The van der Waals surface area contributed by atoms with Gasteiger partial charge in [-0.15, -0.1) is 0 Å². The van der Waals surface area contributed by atoms with E-state index in [1.807, 2.05) is 24.3 Å². The van der Waals surface area contributed by atoms with Gasteiger partial charge in [0.2, 0.25) is 0 Å². The summed E-state index contributed by atoms with van der Waals surface area (Å²) in [6.07, 6.45) is 2.45. The number of anilines is 1. The molecule has 0 bridgehead atoms. The summed E-state index contributed by atoms with van der Waals surface area (Å²) in [7, 11) is 0. The standard InChI is InChI=1S/C12H11N3/c1-2-8-4-3-5-10-11(14)9(6-13)7-15-12(8)10/h3-5,7H,2H2,1H3,(H2,14,15). The Morgan fingerprint density at radius 3 is 2.93 bits per heavy atom. The zero-order valence-electron chi connectivity index (χ0n) is 8.49. The molecule has 2 aromatic rings. The highest BCUT2D eigenvalue weighted by Gasteiger charge is 2.07. The van der Waals surface area contributed by atoms with Crippen LogP contribution in [0, 0.1) is 11.3 Å². The van der Waals surface area contributed by atoms with Gasteiger partial charge >= 0.3 is 0 Å². The van der Waals surface area contributed by atoms with Gasteiger partial charge in [0.1, 0.15) is 6.07 Å². The fourth-order valence-corrected chi connectivity index (χ4v) is 1.68. The number of fused-ring (bicyclic) bond motifs is 1. The third kappa shape index (κ3) is 1.40. The molecule has 0 radical (unpaired) electrons. The van der Waals surface area contributed by atoms with Gasteiger partial charge in [-0.05, 0) is 12.0 Å². The van der Waals surface area contributed by atoms with Crippen molar-refractivity contribution in [2.24, 2.45) is 0 Å². The molecule has 0 atom stereocenters. The van der Waals surface area contributed by atoms with Crippen LogP contribution >= 0.6 is 0 Å². The van der Waals surface area contributed by atoms with Crippen molar-refractivity contribution in [2.75, 3.05) is 5.73 Å². The number of nitrogen functional groups attached to an aromatic ring is 1. The Labute approximate surface area is 88.2 Å². The second-order valence-electron chi connectivity index (χ2n) is 3.36. The van der Waals surface area contributed by atoms with Crippen LogP contribution in [0.25, 0.3) is 10.9 Å². The molecule has 0 spiro atoms. The fourth-order valence-electron chi connectivity index (χ4n) is 1.68. The molecule has 3 nitrogen and oxygen atoms in total. The molecule has 0 amide bonds. The molecule has 74 valence electrons. The van der Waals surface area contributed by atoms with Crippen molar-refractivity contribution in [3.63, 3.8) is 0 Å². The molecule has 0 unspecified atom stereocenters. The topological polar surface area (TPSA) is 62.7 Å². The van der Waals surface area contributed by atoms with Gasteiger partial charge in [0.15, 0.2) is 0 Å². The van der Waals surface area contributed by atoms with Crippen LogP contribution in [0.1, 0.15) is 18.1 Å². The molecule has 1 aromatic heterocycles. The van der Waals surface area contributed by atoms with Crippen LogP contribution in [-0.2, 0) is 6.42 Å². The second kappa shape index (κ2) is 3.58. The number of nitrogens with zero attached hydrogens (tertiary/aromatic N) is 2. The number of benzene rings is 1. The van der Waals surface area contributed by atoms with Crippen LogP contribution in [0.4, 0.5) is 5.69 Å². The van der Waals surface area contributed by atoms with Crippen molar-refractivity contribution in [3.8, 4) is 6.07 Å². The summed E-state index contributed by atoms with van der Waals surface area (Å²) in [5, 5.41) is 9.70. The predicted molar refractivity (Wildman–Crippen MR) is 60.2 cm³/mol. The van der Waals surface area contributed by atoms with Gasteiger partial charge in [-0.2, -0.15) is 5.26 Å². The molecule has 2 rings (SSSR count). The summed E-state index contributed by atoms with van der Waals surface area (Å²) < 4.78 is 0. The van der Waals surface area contributed by atoms with Gasteiger partial charge in [-0.3, -0.25) is 4.98 Å². The number of aromatic nitrogens is 1. The summed E-state index contributed by atoms with van der Waals surface area (Å²) in [6.45, 7) is 2.07. The summed E-state index contributed by atoms with van der Waals surface area (Å²) in [6, 6.07) is 7.91. The third-order valence-corrected chi connectivity index (χ3v) is 2.52. The van der Waals surface area contributed by atoms with E-state index in [0.717, 1.165) is 22.9 Å². The van der Waals surface area contributed by atoms with Crippen LogP contribution in [0.2, 0.25) is 0 Å². The van der Waals surface area contributed by atoms with Crippen LogP contribution in [-0.4, -0.2) is 4.98 Å². The van der Waals surface area contributed by atoms with Gasteiger partial charge in [-0.25, -0.2) is 0 Å². The highest BCUT2D eigenvalue weighted by atomic mass is 14.7. The number of aryl methyl sites for hydroxylation is 1. The molecule has 0 saturated carbocycles. The van der Waals surface area contributed by atoms with Crippen molar-refractivity contribution in [1.82, 2.24) is 4.98 Å². The summed E-state index contributed by atoms with van der Waals surface area (Å²) in [4.78, 5) is 4.28. The minimum absolute atomic E-state index is 0.441. The molecule has 0 aliphatic carbocycles. The number of hydrogen-bond acceptors (Lipinski definition) is 3. The van der Waals surface area contributed by atoms with Gasteiger partial charge < -0.3 is 5.73 Å². The first kappa shape index (κ1) is 9.47. The van der Waals surface area contributed by atoms with Crippen molar-refractivity contribution in [2.45, 2.75) is 13.3 Å². The van der Waals surface area contributed by atoms with E-state index in [9.17, 15) is 0 Å². The lowest BCUT2D eigenvalue weighted by molar-refractivity contribution is 1.14. The normalized spacial score (nSPS) is 10.1. The quantitative estimate of drug-likeness (QED) is 0.762. The summed E-state index contributed by atoms with van der Waals surface area (Å²) in [5.74, 6) is 0. The minimum atomic E-state index is 0.441. The van der Waals surface area contributed by atoms with Crippen molar-refractivity contribution in [1.29, 1.82) is 5.26 Å². The first-order chi connectivity index (χ1) is 7.27. The highest BCUT2D eigenvalue weighted by Crippen LogP contribution is 2.24. The van der Waals surface area contributed by atoms with Crippen LogP contribution in [0.15, 0.2) is 24.4 Å². The molecule has 0 aliphatic heterocycles. The van der Waals surface area contributed by atoms with Gasteiger partial charge in [-0.1, -0.05) is 25.1 Å². The largest absolute Gasteiger partial charge is 0.397 e. The Morgan fingerprint density at radius 2 is 2.27 bits per heavy atom. The SMILES string of the molecule is CCc1cccc2c(N)c(C#N)cnc12. The van der Waals surface area contributed by atoms with E-state index in [4.69, 9.17) is 11.0 Å². The van der Waals surface area contributed by atoms with Gasteiger partial charge in [0.25, 0.3) is 0 Å². The van der Waals surface area contributed by atoms with E-state index in [2.05, 4.69) is 11.9 Å². The molecular weight excluding hydrogens is 186 g/mol. The molecule has 1 aromatic carbocycles. The Balaban J connectivity index is 2.85. The van der Waals surface area contributed by atoms with Crippen LogP contribution in [0.3, 0.4) is 0 Å². The molecule has 15 heavy (non-hydrogen) atoms. The zero-order valence-corrected chi connectivity index (χ0v) is 8.49. The number of nitriles is 1. The molecule has 3 heteroatoms. The Kier molecular flexibility index (Phi) is 2.26. The Hall–Kier alpha value is -2.08. The van der Waals surface area contributed by atoms with E-state index in [-0.39, 0.29) is 0 Å². The molecule has 1 heterocycles. The molecule has 0 fully saturated rings.